The fourth-order valence-electron chi connectivity index (χ4n) is 5.07. The van der Waals surface area contributed by atoms with Crippen LogP contribution in [-0.2, 0) is 0 Å². The molecule has 1 aromatic heterocycles. The number of hydrogen-bond donors (Lipinski definition) is 3. The monoisotopic (exact) mass is 334 g/mol. The third-order valence-electron chi connectivity index (χ3n) is 5.89. The zero-order valence-electron chi connectivity index (χ0n) is 15.1. The van der Waals surface area contributed by atoms with Gasteiger partial charge in [0.05, 0.1) is 11.8 Å². The molecule has 2 fully saturated rings. The summed E-state index contributed by atoms with van der Waals surface area (Å²) in [5.41, 5.74) is 0.839. The Kier molecular flexibility index (Phi) is 4.82. The van der Waals surface area contributed by atoms with Crippen molar-refractivity contribution in [1.82, 2.24) is 20.4 Å². The molecule has 6 nitrogen and oxygen atoms in total. The van der Waals surface area contributed by atoms with Gasteiger partial charge in [-0.25, -0.2) is 5.10 Å². The number of aliphatic hydroxyl groups excluding tert-OH is 1. The smallest absolute Gasteiger partial charge is 0.264 e. The standard InChI is InChI=1S/C18H30N4O2/c1-5-22-10-18(17(22)11(2)3)8-14(15(23)9-18)19-12(4)13-6-7-16(24)21-20-13/h6-7,11-12,14-15,17,19,23H,5,8-10H2,1-4H3,(H,21,24)/t12?,14-,15-,17?,18?/m1/s1. The summed E-state index contributed by atoms with van der Waals surface area (Å²) in [5, 5.41) is 20.7. The fourth-order valence-corrected chi connectivity index (χ4v) is 5.07. The van der Waals surface area contributed by atoms with Crippen LogP contribution in [0.15, 0.2) is 16.9 Å². The SMILES string of the molecule is CCN1CC2(C[C@@H](O)[C@H](NC(C)c3ccc(=O)[nH]n3)C2)C1C(C)C. The average Bonchev–Trinajstić information content (AvgIpc) is 2.83. The van der Waals surface area contributed by atoms with E-state index in [9.17, 15) is 9.90 Å². The highest BCUT2D eigenvalue weighted by Crippen LogP contribution is 2.53. The van der Waals surface area contributed by atoms with Gasteiger partial charge in [0, 0.05) is 36.2 Å². The molecule has 1 aliphatic heterocycles. The number of aromatic nitrogens is 2. The molecule has 3 rings (SSSR count). The van der Waals surface area contributed by atoms with E-state index >= 15 is 0 Å². The third-order valence-corrected chi connectivity index (χ3v) is 5.89. The van der Waals surface area contributed by atoms with E-state index in [1.165, 1.54) is 6.07 Å². The number of nitrogens with zero attached hydrogens (tertiary/aromatic N) is 2. The van der Waals surface area contributed by atoms with Crippen LogP contribution in [0.4, 0.5) is 0 Å². The number of likely N-dealkylation sites (tertiary alicyclic amines) is 1. The van der Waals surface area contributed by atoms with Gasteiger partial charge in [0.25, 0.3) is 5.56 Å². The quantitative estimate of drug-likeness (QED) is 0.756. The van der Waals surface area contributed by atoms with E-state index in [2.05, 4.69) is 41.2 Å². The second kappa shape index (κ2) is 6.58. The molecule has 134 valence electrons. The Morgan fingerprint density at radius 2 is 2.17 bits per heavy atom. The zero-order chi connectivity index (χ0) is 17.5. The zero-order valence-corrected chi connectivity index (χ0v) is 15.1. The van der Waals surface area contributed by atoms with Gasteiger partial charge in [-0.15, -0.1) is 0 Å². The topological polar surface area (TPSA) is 81.2 Å². The van der Waals surface area contributed by atoms with Crippen LogP contribution in [0.3, 0.4) is 0 Å². The molecule has 0 bridgehead atoms. The third kappa shape index (κ3) is 3.03. The number of hydrogen-bond acceptors (Lipinski definition) is 5. The van der Waals surface area contributed by atoms with Crippen LogP contribution < -0.4 is 10.9 Å². The molecule has 1 aromatic rings. The van der Waals surface area contributed by atoms with Crippen molar-refractivity contribution >= 4 is 0 Å². The van der Waals surface area contributed by atoms with E-state index in [-0.39, 0.29) is 29.2 Å². The van der Waals surface area contributed by atoms with Crippen LogP contribution in [0, 0.1) is 11.3 Å². The van der Waals surface area contributed by atoms with Crippen LogP contribution >= 0.6 is 0 Å². The van der Waals surface area contributed by atoms with Gasteiger partial charge in [-0.1, -0.05) is 20.8 Å². The van der Waals surface area contributed by atoms with Crippen LogP contribution in [0.5, 0.6) is 0 Å². The molecule has 0 radical (unpaired) electrons. The van der Waals surface area contributed by atoms with Crippen molar-refractivity contribution < 1.29 is 5.11 Å². The van der Waals surface area contributed by atoms with Crippen molar-refractivity contribution in [3.63, 3.8) is 0 Å². The molecular weight excluding hydrogens is 304 g/mol. The summed E-state index contributed by atoms with van der Waals surface area (Å²) < 4.78 is 0. The first-order valence-corrected chi connectivity index (χ1v) is 9.10. The summed E-state index contributed by atoms with van der Waals surface area (Å²) in [5.74, 6) is 0.600. The molecule has 0 amide bonds. The highest BCUT2D eigenvalue weighted by atomic mass is 16.3. The number of H-pyrrole nitrogens is 1. The van der Waals surface area contributed by atoms with Crippen molar-refractivity contribution in [2.24, 2.45) is 11.3 Å². The van der Waals surface area contributed by atoms with Gasteiger partial charge >= 0.3 is 0 Å². The van der Waals surface area contributed by atoms with E-state index in [1.54, 1.807) is 6.07 Å². The number of rotatable bonds is 5. The highest BCUT2D eigenvalue weighted by molar-refractivity contribution is 5.14. The lowest BCUT2D eigenvalue weighted by molar-refractivity contribution is -0.0964. The molecule has 1 aliphatic carbocycles. The molecule has 0 aromatic carbocycles. The maximum Gasteiger partial charge on any atom is 0.264 e. The minimum absolute atomic E-state index is 0.00324. The Morgan fingerprint density at radius 3 is 2.75 bits per heavy atom. The van der Waals surface area contributed by atoms with Crippen molar-refractivity contribution in [3.05, 3.63) is 28.2 Å². The normalized spacial score (nSPS) is 34.7. The first-order valence-electron chi connectivity index (χ1n) is 9.10. The van der Waals surface area contributed by atoms with Crippen LogP contribution in [0.25, 0.3) is 0 Å². The molecule has 24 heavy (non-hydrogen) atoms. The van der Waals surface area contributed by atoms with E-state index in [4.69, 9.17) is 0 Å². The molecule has 6 heteroatoms. The van der Waals surface area contributed by atoms with Crippen LogP contribution in [0.2, 0.25) is 0 Å². The van der Waals surface area contributed by atoms with Gasteiger partial charge in [0.15, 0.2) is 0 Å². The second-order valence-corrected chi connectivity index (χ2v) is 7.93. The first kappa shape index (κ1) is 17.6. The molecule has 2 aliphatic rings. The Bertz CT molecular complexity index is 611. The molecular formula is C18H30N4O2. The molecule has 3 N–H and O–H groups in total. The molecule has 2 heterocycles. The van der Waals surface area contributed by atoms with E-state index < -0.39 is 0 Å². The molecule has 5 atom stereocenters. The molecule has 3 unspecified atom stereocenters. The Labute approximate surface area is 143 Å². The minimum atomic E-state index is -0.324. The highest BCUT2D eigenvalue weighted by Gasteiger charge is 2.58. The first-order chi connectivity index (χ1) is 11.4. The summed E-state index contributed by atoms with van der Waals surface area (Å²) in [7, 11) is 0. The number of aliphatic hydroxyl groups is 1. The summed E-state index contributed by atoms with van der Waals surface area (Å²) in [4.78, 5) is 13.7. The number of aromatic amines is 1. The summed E-state index contributed by atoms with van der Waals surface area (Å²) in [6.45, 7) is 11.0. The van der Waals surface area contributed by atoms with Crippen LogP contribution in [0.1, 0.15) is 52.3 Å². The maximum absolute atomic E-state index is 11.1. The summed E-state index contributed by atoms with van der Waals surface area (Å²) in [6.07, 6.45) is 1.55. The van der Waals surface area contributed by atoms with Gasteiger partial charge < -0.3 is 10.4 Å². The van der Waals surface area contributed by atoms with Crippen molar-refractivity contribution in [3.8, 4) is 0 Å². The Morgan fingerprint density at radius 1 is 1.42 bits per heavy atom. The molecule has 1 saturated carbocycles. The molecule has 1 saturated heterocycles. The lowest BCUT2D eigenvalue weighted by Crippen LogP contribution is -2.65. The fraction of sp³-hybridized carbons (Fsp3) is 0.778. The van der Waals surface area contributed by atoms with Gasteiger partial charge in [-0.3, -0.25) is 9.69 Å². The maximum atomic E-state index is 11.1. The van der Waals surface area contributed by atoms with E-state index in [1.807, 2.05) is 6.92 Å². The van der Waals surface area contributed by atoms with Crippen molar-refractivity contribution in [2.75, 3.05) is 13.1 Å². The minimum Gasteiger partial charge on any atom is -0.391 e. The van der Waals surface area contributed by atoms with E-state index in [0.717, 1.165) is 31.6 Å². The number of nitrogens with one attached hydrogen (secondary N) is 2. The van der Waals surface area contributed by atoms with Crippen LogP contribution in [-0.4, -0.2) is 51.5 Å². The molecule has 1 spiro atoms. The lowest BCUT2D eigenvalue weighted by atomic mass is 9.65. The summed E-state index contributed by atoms with van der Waals surface area (Å²) in [6, 6.07) is 3.87. The Balaban J connectivity index is 1.68. The predicted molar refractivity (Wildman–Crippen MR) is 93.7 cm³/mol. The van der Waals surface area contributed by atoms with Gasteiger partial charge in [0.1, 0.15) is 0 Å². The summed E-state index contributed by atoms with van der Waals surface area (Å²) >= 11 is 0. The van der Waals surface area contributed by atoms with E-state index in [0.29, 0.717) is 12.0 Å². The van der Waals surface area contributed by atoms with Gasteiger partial charge in [0.2, 0.25) is 0 Å². The van der Waals surface area contributed by atoms with Gasteiger partial charge in [-0.2, -0.15) is 5.10 Å². The second-order valence-electron chi connectivity index (χ2n) is 7.93. The lowest BCUT2D eigenvalue weighted by Gasteiger charge is -2.58. The Hall–Kier alpha value is -1.24. The predicted octanol–water partition coefficient (Wildman–Crippen LogP) is 1.29. The van der Waals surface area contributed by atoms with Gasteiger partial charge in [-0.05, 0) is 38.3 Å². The average molecular weight is 334 g/mol. The van der Waals surface area contributed by atoms with Crippen molar-refractivity contribution in [2.45, 2.75) is 64.8 Å². The van der Waals surface area contributed by atoms with Crippen molar-refractivity contribution in [1.29, 1.82) is 0 Å². The largest absolute Gasteiger partial charge is 0.391 e.